The summed E-state index contributed by atoms with van der Waals surface area (Å²) < 4.78 is 16.2. The van der Waals surface area contributed by atoms with Gasteiger partial charge in [-0.05, 0) is 62.1 Å². The van der Waals surface area contributed by atoms with Crippen LogP contribution in [0.15, 0.2) is 24.3 Å². The third kappa shape index (κ3) is 8.96. The molecule has 4 atom stereocenters. The van der Waals surface area contributed by atoms with Crippen LogP contribution in [-0.2, 0) is 35.1 Å². The smallest absolute Gasteiger partial charge is 0.224 e. The number of carbonyl (C=O) groups is 4. The zero-order chi connectivity index (χ0) is 30.4. The van der Waals surface area contributed by atoms with Gasteiger partial charge in [0.2, 0.25) is 5.91 Å². The van der Waals surface area contributed by atoms with E-state index in [1.807, 2.05) is 31.2 Å². The van der Waals surface area contributed by atoms with Gasteiger partial charge in [0.15, 0.2) is 11.6 Å². The van der Waals surface area contributed by atoms with Crippen molar-refractivity contribution in [2.24, 2.45) is 23.7 Å². The Morgan fingerprint density at radius 3 is 2.30 bits per heavy atom. The molecular formula is C34H48N2O7. The molecule has 4 fully saturated rings. The van der Waals surface area contributed by atoms with Gasteiger partial charge in [0.25, 0.3) is 0 Å². The first-order valence-corrected chi connectivity index (χ1v) is 16.2. The van der Waals surface area contributed by atoms with E-state index < -0.39 is 23.5 Å². The zero-order valence-electron chi connectivity index (χ0n) is 25.8. The van der Waals surface area contributed by atoms with Gasteiger partial charge in [0.1, 0.15) is 17.1 Å². The maximum absolute atomic E-state index is 14.0. The molecule has 1 aromatic carbocycles. The zero-order valence-corrected chi connectivity index (χ0v) is 25.8. The van der Waals surface area contributed by atoms with Crippen molar-refractivity contribution in [1.29, 1.82) is 0 Å². The molecule has 4 unspecified atom stereocenters. The maximum atomic E-state index is 14.0. The van der Waals surface area contributed by atoms with Crippen molar-refractivity contribution < 1.29 is 33.4 Å². The van der Waals surface area contributed by atoms with Gasteiger partial charge in [0, 0.05) is 37.8 Å². The number of nitrogens with one attached hydrogen (secondary N) is 1. The van der Waals surface area contributed by atoms with Crippen LogP contribution in [0.1, 0.15) is 70.3 Å². The number of methoxy groups -OCH3 is 1. The molecule has 2 heterocycles. The molecule has 2 saturated heterocycles. The van der Waals surface area contributed by atoms with Gasteiger partial charge in [-0.3, -0.25) is 24.1 Å². The van der Waals surface area contributed by atoms with Gasteiger partial charge in [0.05, 0.1) is 39.5 Å². The number of ether oxygens (including phenoxy) is 3. The second-order valence-electron chi connectivity index (χ2n) is 13.3. The van der Waals surface area contributed by atoms with Crippen LogP contribution >= 0.6 is 0 Å². The molecule has 1 aromatic rings. The van der Waals surface area contributed by atoms with Crippen molar-refractivity contribution in [1.82, 2.24) is 10.2 Å². The van der Waals surface area contributed by atoms with Crippen LogP contribution in [0.3, 0.4) is 0 Å². The Morgan fingerprint density at radius 2 is 1.70 bits per heavy atom. The van der Waals surface area contributed by atoms with E-state index in [1.54, 1.807) is 7.11 Å². The highest BCUT2D eigenvalue weighted by Gasteiger charge is 2.50. The summed E-state index contributed by atoms with van der Waals surface area (Å²) in [5.74, 6) is 0.119. The van der Waals surface area contributed by atoms with Crippen LogP contribution in [0, 0.1) is 23.7 Å². The number of rotatable bonds is 17. The maximum Gasteiger partial charge on any atom is 0.224 e. The summed E-state index contributed by atoms with van der Waals surface area (Å²) >= 11 is 0. The quantitative estimate of drug-likeness (QED) is 0.272. The average molecular weight is 597 g/mol. The predicted octanol–water partition coefficient (Wildman–Crippen LogP) is 3.55. The number of epoxide rings is 1. The molecule has 5 rings (SSSR count). The van der Waals surface area contributed by atoms with Crippen LogP contribution in [0.5, 0.6) is 5.75 Å². The van der Waals surface area contributed by atoms with Crippen molar-refractivity contribution in [3.05, 3.63) is 29.8 Å². The lowest BCUT2D eigenvalue weighted by Gasteiger charge is -2.27. The molecule has 4 aliphatic rings. The molecular weight excluding hydrogens is 548 g/mol. The Morgan fingerprint density at radius 1 is 1.02 bits per heavy atom. The third-order valence-electron chi connectivity index (χ3n) is 9.79. The lowest BCUT2D eigenvalue weighted by molar-refractivity contribution is -0.135. The number of ketones is 3. The Kier molecular flexibility index (Phi) is 10.7. The normalized spacial score (nSPS) is 24.6. The molecule has 0 aromatic heterocycles. The summed E-state index contributed by atoms with van der Waals surface area (Å²) in [6, 6.07) is 6.69. The standard InChI is InChI=1S/C34H48N2O7/c1-34(22-43-34)32(39)26(17-23-5-3-4-6-23)19-31(38)30(18-24-7-11-28(41-2)12-8-24)35-33(40)29(25-9-10-25)20-27(37)21-36-13-15-42-16-14-36/h7-8,11-12,23,25-26,29-30H,3-6,9-10,13-22H2,1-2H3,(H,35,40). The molecule has 0 radical (unpaired) electrons. The summed E-state index contributed by atoms with van der Waals surface area (Å²) in [7, 11) is 1.60. The molecule has 1 N–H and O–H groups in total. The van der Waals surface area contributed by atoms with Gasteiger partial charge < -0.3 is 19.5 Å². The van der Waals surface area contributed by atoms with Crippen LogP contribution in [0.4, 0.5) is 0 Å². The number of amides is 1. The van der Waals surface area contributed by atoms with Crippen molar-refractivity contribution in [3.8, 4) is 5.75 Å². The van der Waals surface area contributed by atoms with E-state index in [-0.39, 0.29) is 42.0 Å². The molecule has 9 nitrogen and oxygen atoms in total. The number of morpholine rings is 1. The Bertz CT molecular complexity index is 1130. The largest absolute Gasteiger partial charge is 0.497 e. The summed E-state index contributed by atoms with van der Waals surface area (Å²) in [5.41, 5.74) is 0.0953. The minimum Gasteiger partial charge on any atom is -0.497 e. The molecule has 9 heteroatoms. The fourth-order valence-corrected chi connectivity index (χ4v) is 6.81. The van der Waals surface area contributed by atoms with Crippen LogP contribution in [-0.4, -0.2) is 86.4 Å². The molecule has 2 aliphatic carbocycles. The first-order valence-electron chi connectivity index (χ1n) is 16.2. The fraction of sp³-hybridized carbons (Fsp3) is 0.706. The number of hydrogen-bond acceptors (Lipinski definition) is 8. The van der Waals surface area contributed by atoms with E-state index in [2.05, 4.69) is 10.2 Å². The number of Topliss-reactive ketones (excluding diaryl/α,β-unsaturated/α-hetero) is 3. The molecule has 2 saturated carbocycles. The number of benzene rings is 1. The predicted molar refractivity (Wildman–Crippen MR) is 161 cm³/mol. The fourth-order valence-electron chi connectivity index (χ4n) is 6.81. The van der Waals surface area contributed by atoms with E-state index >= 15 is 0 Å². The number of carbonyl (C=O) groups excluding carboxylic acids is 4. The van der Waals surface area contributed by atoms with Gasteiger partial charge in [-0.2, -0.15) is 0 Å². The lowest BCUT2D eigenvalue weighted by atomic mass is 9.81. The van der Waals surface area contributed by atoms with Crippen molar-refractivity contribution in [2.45, 2.75) is 82.8 Å². The molecule has 0 spiro atoms. The molecule has 2 aliphatic heterocycles. The van der Waals surface area contributed by atoms with Crippen LogP contribution in [0.25, 0.3) is 0 Å². The van der Waals surface area contributed by atoms with Gasteiger partial charge >= 0.3 is 0 Å². The Balaban J connectivity index is 1.29. The molecule has 236 valence electrons. The SMILES string of the molecule is COc1ccc(CC(NC(=O)C(CC(=O)CN2CCOCC2)C2CC2)C(=O)CC(CC2CCCC2)C(=O)C2(C)CO2)cc1. The van der Waals surface area contributed by atoms with E-state index in [0.717, 1.165) is 57.2 Å². The lowest BCUT2D eigenvalue weighted by Crippen LogP contribution is -2.47. The van der Waals surface area contributed by atoms with E-state index in [0.29, 0.717) is 50.9 Å². The van der Waals surface area contributed by atoms with Crippen LogP contribution < -0.4 is 10.1 Å². The van der Waals surface area contributed by atoms with Gasteiger partial charge in [-0.25, -0.2) is 0 Å². The molecule has 0 bridgehead atoms. The van der Waals surface area contributed by atoms with Gasteiger partial charge in [-0.15, -0.1) is 0 Å². The monoisotopic (exact) mass is 596 g/mol. The van der Waals surface area contributed by atoms with E-state index in [1.165, 1.54) is 0 Å². The molecule has 43 heavy (non-hydrogen) atoms. The van der Waals surface area contributed by atoms with Crippen LogP contribution in [0.2, 0.25) is 0 Å². The highest BCUT2D eigenvalue weighted by atomic mass is 16.6. The van der Waals surface area contributed by atoms with Gasteiger partial charge in [-0.1, -0.05) is 37.8 Å². The first kappa shape index (κ1) is 31.8. The second kappa shape index (κ2) is 14.4. The van der Waals surface area contributed by atoms with Crippen molar-refractivity contribution in [3.63, 3.8) is 0 Å². The number of nitrogens with zero attached hydrogens (tertiary/aromatic N) is 1. The molecule has 1 amide bonds. The topological polar surface area (TPSA) is 115 Å². The van der Waals surface area contributed by atoms with E-state index in [4.69, 9.17) is 14.2 Å². The third-order valence-corrected chi connectivity index (χ3v) is 9.79. The summed E-state index contributed by atoms with van der Waals surface area (Å²) in [6.07, 6.45) is 7.58. The first-order chi connectivity index (χ1) is 20.7. The average Bonchev–Trinajstić information content (AvgIpc) is 3.94. The van der Waals surface area contributed by atoms with Crippen molar-refractivity contribution >= 4 is 23.3 Å². The van der Waals surface area contributed by atoms with Crippen molar-refractivity contribution in [2.75, 3.05) is 46.6 Å². The Labute approximate surface area is 255 Å². The summed E-state index contributed by atoms with van der Waals surface area (Å²) in [4.78, 5) is 56.4. The number of hydrogen-bond donors (Lipinski definition) is 1. The summed E-state index contributed by atoms with van der Waals surface area (Å²) in [5, 5.41) is 3.07. The minimum absolute atomic E-state index is 0.00633. The highest BCUT2D eigenvalue weighted by Crippen LogP contribution is 2.40. The van der Waals surface area contributed by atoms with E-state index in [9.17, 15) is 19.2 Å². The second-order valence-corrected chi connectivity index (χ2v) is 13.3. The Hall–Kier alpha value is -2.62. The highest BCUT2D eigenvalue weighted by molar-refractivity contribution is 5.97. The minimum atomic E-state index is -0.795. The summed E-state index contributed by atoms with van der Waals surface area (Å²) in [6.45, 7) is 5.19.